The molecular weight excluding hydrogens is 373 g/mol. The van der Waals surface area contributed by atoms with Crippen LogP contribution in [-0.2, 0) is 20.3 Å². The normalized spacial score (nSPS) is 20.4. The first-order valence-corrected chi connectivity index (χ1v) is 10.3. The molecule has 2 aliphatic rings. The summed E-state index contributed by atoms with van der Waals surface area (Å²) < 4.78 is 31.4. The van der Waals surface area contributed by atoms with E-state index < -0.39 is 22.7 Å². The van der Waals surface area contributed by atoms with Gasteiger partial charge in [-0.25, -0.2) is 9.18 Å². The number of halogens is 1. The highest BCUT2D eigenvalue weighted by molar-refractivity contribution is 7.84. The maximum absolute atomic E-state index is 14.7. The lowest BCUT2D eigenvalue weighted by molar-refractivity contribution is -0.118. The van der Waals surface area contributed by atoms with Gasteiger partial charge < -0.3 is 15.0 Å². The van der Waals surface area contributed by atoms with Crippen molar-refractivity contribution < 1.29 is 22.9 Å². The zero-order valence-electron chi connectivity index (χ0n) is 15.1. The van der Waals surface area contributed by atoms with Crippen molar-refractivity contribution in [3.8, 4) is 0 Å². The number of ether oxygens (including phenoxy) is 1. The molecule has 2 heterocycles. The third kappa shape index (κ3) is 4.85. The summed E-state index contributed by atoms with van der Waals surface area (Å²) in [6.07, 6.45) is 2.22. The van der Waals surface area contributed by atoms with Crippen molar-refractivity contribution in [3.05, 3.63) is 36.0 Å². The highest BCUT2D eigenvalue weighted by Crippen LogP contribution is 2.29. The zero-order chi connectivity index (χ0) is 19.4. The Balaban J connectivity index is 1.73. The van der Waals surface area contributed by atoms with Crippen LogP contribution >= 0.6 is 0 Å². The lowest BCUT2D eigenvalue weighted by Gasteiger charge is -2.27. The predicted octanol–water partition coefficient (Wildman–Crippen LogP) is 2.11. The van der Waals surface area contributed by atoms with Crippen LogP contribution in [0.3, 0.4) is 0 Å². The first-order valence-electron chi connectivity index (χ1n) is 8.79. The third-order valence-electron chi connectivity index (χ3n) is 4.37. The number of hydrogen-bond acceptors (Lipinski definition) is 5. The zero-order valence-corrected chi connectivity index (χ0v) is 15.9. The summed E-state index contributed by atoms with van der Waals surface area (Å²) in [7, 11) is -0.773. The second-order valence-electron chi connectivity index (χ2n) is 6.44. The van der Waals surface area contributed by atoms with Gasteiger partial charge in [-0.1, -0.05) is 0 Å². The van der Waals surface area contributed by atoms with Crippen LogP contribution in [0.15, 0.2) is 30.2 Å². The summed E-state index contributed by atoms with van der Waals surface area (Å²) in [6.45, 7) is 2.77. The number of amides is 2. The average molecular weight is 395 g/mol. The van der Waals surface area contributed by atoms with E-state index in [0.717, 1.165) is 12.8 Å². The Bertz CT molecular complexity index is 787. The van der Waals surface area contributed by atoms with Crippen LogP contribution in [0.5, 0.6) is 0 Å². The van der Waals surface area contributed by atoms with Crippen molar-refractivity contribution in [2.45, 2.75) is 19.8 Å². The summed E-state index contributed by atoms with van der Waals surface area (Å²) in [5.41, 5.74) is 0.869. The Hall–Kier alpha value is -2.42. The number of carbonyl (C=O) groups is 2. The predicted molar refractivity (Wildman–Crippen MR) is 101 cm³/mol. The molecule has 1 N–H and O–H groups in total. The molecular formula is C18H22FN3O4S. The molecule has 0 bridgehead atoms. The first kappa shape index (κ1) is 19.3. The lowest BCUT2D eigenvalue weighted by Crippen LogP contribution is -2.31. The maximum atomic E-state index is 14.7. The Morgan fingerprint density at radius 1 is 1.30 bits per heavy atom. The van der Waals surface area contributed by atoms with Crippen LogP contribution in [0.1, 0.15) is 19.8 Å². The molecule has 0 aromatic heterocycles. The average Bonchev–Trinajstić information content (AvgIpc) is 2.97. The van der Waals surface area contributed by atoms with E-state index >= 15 is 0 Å². The molecule has 0 aliphatic carbocycles. The summed E-state index contributed by atoms with van der Waals surface area (Å²) >= 11 is 0. The number of benzene rings is 1. The first-order chi connectivity index (χ1) is 12.9. The molecule has 0 spiro atoms. The fourth-order valence-corrected chi connectivity index (χ4v) is 4.19. The van der Waals surface area contributed by atoms with Crippen molar-refractivity contribution in [2.75, 3.05) is 40.9 Å². The fraction of sp³-hybridized carbons (Fsp3) is 0.444. The minimum atomic E-state index is -0.773. The van der Waals surface area contributed by atoms with Crippen molar-refractivity contribution in [2.24, 2.45) is 0 Å². The molecule has 0 saturated carbocycles. The van der Waals surface area contributed by atoms with Gasteiger partial charge in [0.25, 0.3) is 0 Å². The molecule has 1 aromatic carbocycles. The van der Waals surface area contributed by atoms with Crippen LogP contribution in [0, 0.1) is 5.82 Å². The largest absolute Gasteiger partial charge is 0.419 e. The molecule has 2 amide bonds. The summed E-state index contributed by atoms with van der Waals surface area (Å²) in [4.78, 5) is 26.2. The van der Waals surface area contributed by atoms with Gasteiger partial charge in [0.05, 0.1) is 17.9 Å². The molecule has 7 nitrogen and oxygen atoms in total. The van der Waals surface area contributed by atoms with Gasteiger partial charge in [-0.05, 0) is 31.0 Å². The highest BCUT2D eigenvalue weighted by atomic mass is 32.2. The van der Waals surface area contributed by atoms with E-state index in [1.54, 1.807) is 12.1 Å². The maximum Gasteiger partial charge on any atom is 0.419 e. The molecule has 2 aliphatic heterocycles. The number of anilines is 2. The minimum absolute atomic E-state index is 0.118. The Morgan fingerprint density at radius 3 is 2.63 bits per heavy atom. The Morgan fingerprint density at radius 2 is 2.00 bits per heavy atom. The highest BCUT2D eigenvalue weighted by Gasteiger charge is 2.29. The van der Waals surface area contributed by atoms with Gasteiger partial charge >= 0.3 is 6.09 Å². The van der Waals surface area contributed by atoms with Gasteiger partial charge in [-0.2, -0.15) is 0 Å². The molecule has 0 atom stereocenters. The lowest BCUT2D eigenvalue weighted by atomic mass is 10.2. The van der Waals surface area contributed by atoms with Crippen LogP contribution in [-0.4, -0.2) is 47.3 Å². The topological polar surface area (TPSA) is 79.0 Å². The molecule has 27 heavy (non-hydrogen) atoms. The number of rotatable bonds is 3. The Kier molecular flexibility index (Phi) is 6.10. The van der Waals surface area contributed by atoms with E-state index in [-0.39, 0.29) is 18.2 Å². The smallest absolute Gasteiger partial charge is 0.411 e. The van der Waals surface area contributed by atoms with E-state index in [4.69, 9.17) is 4.74 Å². The van der Waals surface area contributed by atoms with E-state index in [0.29, 0.717) is 36.0 Å². The van der Waals surface area contributed by atoms with Gasteiger partial charge in [0, 0.05) is 48.5 Å². The third-order valence-corrected chi connectivity index (χ3v) is 5.86. The Labute approximate surface area is 159 Å². The molecule has 2 saturated heterocycles. The van der Waals surface area contributed by atoms with Crippen molar-refractivity contribution in [1.82, 2.24) is 5.32 Å². The van der Waals surface area contributed by atoms with E-state index in [1.165, 1.54) is 24.1 Å². The molecule has 2 fully saturated rings. The number of hydrogen-bond donors (Lipinski definition) is 1. The van der Waals surface area contributed by atoms with Crippen molar-refractivity contribution in [1.29, 1.82) is 0 Å². The molecule has 9 heteroatoms. The van der Waals surface area contributed by atoms with Gasteiger partial charge in [-0.15, -0.1) is 0 Å². The second kappa shape index (κ2) is 8.51. The molecule has 3 rings (SSSR count). The molecule has 0 unspecified atom stereocenters. The van der Waals surface area contributed by atoms with E-state index in [1.807, 2.05) is 4.90 Å². The van der Waals surface area contributed by atoms with Gasteiger partial charge in [0.1, 0.15) is 11.6 Å². The number of cyclic esters (lactones) is 1. The van der Waals surface area contributed by atoms with Gasteiger partial charge in [0.15, 0.2) is 0 Å². The summed E-state index contributed by atoms with van der Waals surface area (Å²) in [6, 6.07) is 4.65. The van der Waals surface area contributed by atoms with Crippen molar-refractivity contribution in [3.63, 3.8) is 0 Å². The van der Waals surface area contributed by atoms with Crippen LogP contribution < -0.4 is 15.1 Å². The number of nitrogens with zero attached hydrogens (tertiary/aromatic N) is 2. The van der Waals surface area contributed by atoms with Crippen LogP contribution in [0.4, 0.5) is 20.6 Å². The monoisotopic (exact) mass is 395 g/mol. The quantitative estimate of drug-likeness (QED) is 0.848. The minimum Gasteiger partial charge on any atom is -0.411 e. The van der Waals surface area contributed by atoms with Gasteiger partial charge in [0.2, 0.25) is 5.91 Å². The standard InChI is InChI=1S/C18H22FN3O4S/c1-13(23)20-11-15-12-22(18(24)26-15)14-4-5-17(16(19)10-14)21-6-2-8-27(25)9-3-7-21/h4-5,10-11H,2-3,6-9,12H2,1H3,(H,20,23)/b15-11-. The van der Waals surface area contributed by atoms with E-state index in [2.05, 4.69) is 5.32 Å². The number of carbonyl (C=O) groups excluding carboxylic acids is 2. The molecule has 0 radical (unpaired) electrons. The van der Waals surface area contributed by atoms with Crippen LogP contribution in [0.2, 0.25) is 0 Å². The molecule has 146 valence electrons. The van der Waals surface area contributed by atoms with Crippen molar-refractivity contribution >= 4 is 34.2 Å². The van der Waals surface area contributed by atoms with Crippen LogP contribution in [0.25, 0.3) is 0 Å². The molecule has 1 aromatic rings. The SMILES string of the molecule is CC(=O)N/C=C1/CN(c2ccc(N3CCCS(=O)CCC3)c(F)c2)C(=O)O1. The van der Waals surface area contributed by atoms with E-state index in [9.17, 15) is 18.2 Å². The van der Waals surface area contributed by atoms with Gasteiger partial charge in [-0.3, -0.25) is 13.9 Å². The summed E-state index contributed by atoms with van der Waals surface area (Å²) in [5.74, 6) is 0.876. The second-order valence-corrected chi connectivity index (χ2v) is 8.14. The summed E-state index contributed by atoms with van der Waals surface area (Å²) in [5, 5.41) is 2.45. The number of nitrogens with one attached hydrogen (secondary N) is 1. The fourth-order valence-electron chi connectivity index (χ4n) is 3.08.